The Hall–Kier alpha value is -6.94. The molecule has 2 nitrogen and oxygen atoms in total. The summed E-state index contributed by atoms with van der Waals surface area (Å²) in [6, 6.07) is 75.1. The van der Waals surface area contributed by atoms with Crippen molar-refractivity contribution in [3.05, 3.63) is 206 Å². The SMILES string of the molecule is c1ccc(-c2cccc3c2c2c(-c4ccc(N(c5ccccc5)c5cccc6c5sc5ccccc56)c5ccccc45)cccc2n3-c2ccccc2)cc1. The number of hydrogen-bond acceptors (Lipinski definition) is 2. The van der Waals surface area contributed by atoms with Crippen molar-refractivity contribution in [2.75, 3.05) is 4.90 Å². The van der Waals surface area contributed by atoms with Crippen molar-refractivity contribution < 1.29 is 0 Å². The second-order valence-corrected chi connectivity index (χ2v) is 15.1. The molecule has 0 atom stereocenters. The zero-order chi connectivity index (χ0) is 36.3. The molecule has 0 N–H and O–H groups in total. The Balaban J connectivity index is 1.21. The number of hydrogen-bond donors (Lipinski definition) is 0. The zero-order valence-corrected chi connectivity index (χ0v) is 30.7. The Kier molecular flexibility index (Phi) is 7.39. The van der Waals surface area contributed by atoms with Crippen LogP contribution >= 0.6 is 11.3 Å². The van der Waals surface area contributed by atoms with E-state index in [1.54, 1.807) is 0 Å². The topological polar surface area (TPSA) is 8.17 Å². The third kappa shape index (κ3) is 5.01. The maximum atomic E-state index is 2.46. The van der Waals surface area contributed by atoms with Crippen LogP contribution in [0.5, 0.6) is 0 Å². The Bertz CT molecular complexity index is 3200. The van der Waals surface area contributed by atoms with E-state index in [0.717, 1.165) is 17.1 Å². The maximum Gasteiger partial charge on any atom is 0.0640 e. The highest BCUT2D eigenvalue weighted by atomic mass is 32.1. The molecule has 0 saturated carbocycles. The van der Waals surface area contributed by atoms with Gasteiger partial charge in [-0.1, -0.05) is 152 Å². The van der Waals surface area contributed by atoms with Gasteiger partial charge in [0.25, 0.3) is 0 Å². The van der Waals surface area contributed by atoms with Crippen LogP contribution < -0.4 is 4.90 Å². The van der Waals surface area contributed by atoms with Gasteiger partial charge in [0.1, 0.15) is 0 Å². The molecule has 55 heavy (non-hydrogen) atoms. The van der Waals surface area contributed by atoms with Crippen LogP contribution in [0.3, 0.4) is 0 Å². The van der Waals surface area contributed by atoms with Crippen molar-refractivity contribution in [3.8, 4) is 27.9 Å². The van der Waals surface area contributed by atoms with Crippen molar-refractivity contribution >= 4 is 81.1 Å². The molecule has 11 rings (SSSR count). The number of para-hydroxylation sites is 2. The highest BCUT2D eigenvalue weighted by molar-refractivity contribution is 7.26. The minimum absolute atomic E-state index is 1.13. The molecule has 2 heterocycles. The van der Waals surface area contributed by atoms with Crippen molar-refractivity contribution in [2.45, 2.75) is 0 Å². The van der Waals surface area contributed by atoms with Crippen LogP contribution in [0.4, 0.5) is 17.1 Å². The lowest BCUT2D eigenvalue weighted by atomic mass is 9.91. The lowest BCUT2D eigenvalue weighted by Gasteiger charge is -2.28. The maximum absolute atomic E-state index is 2.46. The predicted octanol–water partition coefficient (Wildman–Crippen LogP) is 15.1. The lowest BCUT2D eigenvalue weighted by molar-refractivity contribution is 1.18. The largest absolute Gasteiger partial charge is 0.309 e. The van der Waals surface area contributed by atoms with Crippen molar-refractivity contribution in [1.29, 1.82) is 0 Å². The summed E-state index contributed by atoms with van der Waals surface area (Å²) in [6.07, 6.45) is 0. The van der Waals surface area contributed by atoms with E-state index in [2.05, 4.69) is 216 Å². The standard InChI is InChI=1S/C52H34N2S/c1-4-17-35(18-5-1)38-26-14-29-46-50(38)51-43(27-15-30-47(51)54(46)37-21-8-3-9-22-37)40-33-34-45(41-24-11-10-23-39(40)41)53(36-19-6-2-7-20-36)48-31-16-28-44-42-25-12-13-32-49(42)55-52(44)48/h1-34H. The van der Waals surface area contributed by atoms with E-state index in [-0.39, 0.29) is 0 Å². The fourth-order valence-corrected chi connectivity index (χ4v) is 9.86. The minimum Gasteiger partial charge on any atom is -0.309 e. The van der Waals surface area contributed by atoms with Gasteiger partial charge in [-0.05, 0) is 82.2 Å². The van der Waals surface area contributed by atoms with Crippen LogP contribution in [0.25, 0.3) is 80.7 Å². The van der Waals surface area contributed by atoms with Crippen LogP contribution in [0.1, 0.15) is 0 Å². The number of nitrogens with zero attached hydrogens (tertiary/aromatic N) is 2. The molecule has 258 valence electrons. The van der Waals surface area contributed by atoms with E-state index in [4.69, 9.17) is 0 Å². The van der Waals surface area contributed by atoms with Crippen LogP contribution in [0, 0.1) is 0 Å². The van der Waals surface area contributed by atoms with E-state index >= 15 is 0 Å². The fraction of sp³-hybridized carbons (Fsp3) is 0. The molecule has 9 aromatic carbocycles. The van der Waals surface area contributed by atoms with E-state index in [1.165, 1.54) is 80.7 Å². The van der Waals surface area contributed by atoms with Gasteiger partial charge in [-0.3, -0.25) is 0 Å². The first-order valence-electron chi connectivity index (χ1n) is 18.8. The van der Waals surface area contributed by atoms with Gasteiger partial charge in [0.2, 0.25) is 0 Å². The Labute approximate surface area is 323 Å². The smallest absolute Gasteiger partial charge is 0.0640 e. The van der Waals surface area contributed by atoms with Gasteiger partial charge >= 0.3 is 0 Å². The van der Waals surface area contributed by atoms with Crippen molar-refractivity contribution in [2.24, 2.45) is 0 Å². The summed E-state index contributed by atoms with van der Waals surface area (Å²) in [4.78, 5) is 2.46. The molecule has 3 heteroatoms. The summed E-state index contributed by atoms with van der Waals surface area (Å²) >= 11 is 1.87. The van der Waals surface area contributed by atoms with Gasteiger partial charge < -0.3 is 9.47 Å². The summed E-state index contributed by atoms with van der Waals surface area (Å²) < 4.78 is 5.02. The van der Waals surface area contributed by atoms with Crippen molar-refractivity contribution in [3.63, 3.8) is 0 Å². The molecule has 0 bridgehead atoms. The molecule has 0 aliphatic carbocycles. The molecular formula is C52H34N2S. The first-order chi connectivity index (χ1) is 27.3. The molecule has 0 aliphatic heterocycles. The molecule has 0 spiro atoms. The zero-order valence-electron chi connectivity index (χ0n) is 29.9. The van der Waals surface area contributed by atoms with Crippen molar-refractivity contribution in [1.82, 2.24) is 4.57 Å². The van der Waals surface area contributed by atoms with E-state index in [1.807, 2.05) is 11.3 Å². The summed E-state index contributed by atoms with van der Waals surface area (Å²) in [6.45, 7) is 0. The van der Waals surface area contributed by atoms with Gasteiger partial charge in [-0.25, -0.2) is 0 Å². The number of fused-ring (bicyclic) bond motifs is 7. The summed E-state index contributed by atoms with van der Waals surface area (Å²) in [5.41, 5.74) is 11.9. The summed E-state index contributed by atoms with van der Waals surface area (Å²) in [5.74, 6) is 0. The van der Waals surface area contributed by atoms with Crippen LogP contribution in [-0.4, -0.2) is 4.57 Å². The Morgan fingerprint density at radius 3 is 1.71 bits per heavy atom. The highest BCUT2D eigenvalue weighted by Crippen LogP contribution is 2.49. The number of rotatable bonds is 6. The molecule has 0 fully saturated rings. The van der Waals surface area contributed by atoms with Gasteiger partial charge in [0.15, 0.2) is 0 Å². The number of anilines is 3. The predicted molar refractivity (Wildman–Crippen MR) is 237 cm³/mol. The first-order valence-corrected chi connectivity index (χ1v) is 19.6. The summed E-state index contributed by atoms with van der Waals surface area (Å²) in [7, 11) is 0. The molecule has 0 saturated heterocycles. The molecule has 0 unspecified atom stereocenters. The van der Waals surface area contributed by atoms with Crippen LogP contribution in [0.2, 0.25) is 0 Å². The third-order valence-corrected chi connectivity index (χ3v) is 12.2. The number of aromatic nitrogens is 1. The molecule has 2 aromatic heterocycles. The highest BCUT2D eigenvalue weighted by Gasteiger charge is 2.23. The second kappa shape index (κ2) is 12.9. The molecule has 0 amide bonds. The van der Waals surface area contributed by atoms with Crippen LogP contribution in [0.15, 0.2) is 206 Å². The van der Waals surface area contributed by atoms with Crippen LogP contribution in [-0.2, 0) is 0 Å². The first kappa shape index (κ1) is 31.6. The minimum atomic E-state index is 1.13. The van der Waals surface area contributed by atoms with Gasteiger partial charge in [0, 0.05) is 43.0 Å². The fourth-order valence-electron chi connectivity index (χ4n) is 8.65. The Morgan fingerprint density at radius 2 is 0.945 bits per heavy atom. The average molecular weight is 719 g/mol. The quantitative estimate of drug-likeness (QED) is 0.166. The van der Waals surface area contributed by atoms with Gasteiger partial charge in [-0.2, -0.15) is 0 Å². The van der Waals surface area contributed by atoms with Gasteiger partial charge in [-0.15, -0.1) is 11.3 Å². The molecule has 11 aromatic rings. The van der Waals surface area contributed by atoms with E-state index in [9.17, 15) is 0 Å². The Morgan fingerprint density at radius 1 is 0.364 bits per heavy atom. The normalized spacial score (nSPS) is 11.6. The lowest BCUT2D eigenvalue weighted by Crippen LogP contribution is -2.10. The monoisotopic (exact) mass is 718 g/mol. The van der Waals surface area contributed by atoms with Gasteiger partial charge in [0.05, 0.1) is 27.1 Å². The average Bonchev–Trinajstić information content (AvgIpc) is 3.82. The van der Waals surface area contributed by atoms with E-state index in [0.29, 0.717) is 0 Å². The third-order valence-electron chi connectivity index (χ3n) is 11.0. The molecule has 0 radical (unpaired) electrons. The summed E-state index contributed by atoms with van der Waals surface area (Å²) in [5, 5.41) is 7.53. The van der Waals surface area contributed by atoms with E-state index < -0.39 is 0 Å². The number of thiophene rings is 1. The molecule has 0 aliphatic rings. The molecular weight excluding hydrogens is 685 g/mol. The second-order valence-electron chi connectivity index (χ2n) is 14.0. The number of benzene rings is 9.